The molecule has 0 aromatic rings. The Hall–Kier alpha value is -0.610. The van der Waals surface area contributed by atoms with Gasteiger partial charge in [-0.3, -0.25) is 4.79 Å². The summed E-state index contributed by atoms with van der Waals surface area (Å²) in [6, 6.07) is 0. The second-order valence-corrected chi connectivity index (χ2v) is 2.01. The molecule has 1 aliphatic rings. The predicted octanol–water partition coefficient (Wildman–Crippen LogP) is -0.938. The molecule has 2 N–H and O–H groups in total. The molecule has 0 radical (unpaired) electrons. The van der Waals surface area contributed by atoms with Crippen molar-refractivity contribution in [2.24, 2.45) is 0 Å². The summed E-state index contributed by atoms with van der Waals surface area (Å²) < 4.78 is 0. The van der Waals surface area contributed by atoms with Gasteiger partial charge in [0.05, 0.1) is 0 Å². The lowest BCUT2D eigenvalue weighted by atomic mass is 10.4. The van der Waals surface area contributed by atoms with Gasteiger partial charge in [0.25, 0.3) is 0 Å². The van der Waals surface area contributed by atoms with Crippen LogP contribution in [0.4, 0.5) is 0 Å². The zero-order chi connectivity index (χ0) is 6.85. The molecule has 0 aliphatic carbocycles. The molecule has 52 valence electrons. The van der Waals surface area contributed by atoms with Crippen molar-refractivity contribution in [1.29, 1.82) is 0 Å². The number of aliphatic hydroxyl groups excluding tert-OH is 1. The lowest BCUT2D eigenvalue weighted by Gasteiger charge is -2.17. The Morgan fingerprint density at radius 3 is 2.78 bits per heavy atom. The van der Waals surface area contributed by atoms with Crippen LogP contribution in [-0.2, 0) is 4.79 Å². The van der Waals surface area contributed by atoms with Gasteiger partial charge in [-0.15, -0.1) is 0 Å². The zero-order valence-electron chi connectivity index (χ0n) is 5.29. The first-order valence-corrected chi connectivity index (χ1v) is 2.93. The van der Waals surface area contributed by atoms with E-state index in [2.05, 4.69) is 5.43 Å². The van der Waals surface area contributed by atoms with Gasteiger partial charge in [-0.1, -0.05) is 0 Å². The summed E-state index contributed by atoms with van der Waals surface area (Å²) in [7, 11) is 1.62. The molecule has 1 aliphatic heterocycles. The van der Waals surface area contributed by atoms with Gasteiger partial charge in [-0.05, 0) is 0 Å². The number of hydrogen-bond acceptors (Lipinski definition) is 3. The first kappa shape index (κ1) is 6.51. The largest absolute Gasteiger partial charge is 0.372 e. The van der Waals surface area contributed by atoms with Crippen LogP contribution < -0.4 is 5.43 Å². The van der Waals surface area contributed by atoms with Crippen LogP contribution in [0.3, 0.4) is 0 Å². The topological polar surface area (TPSA) is 52.6 Å². The maximum atomic E-state index is 10.7. The Labute approximate surface area is 53.4 Å². The molecule has 1 amide bonds. The van der Waals surface area contributed by atoms with Crippen molar-refractivity contribution in [2.45, 2.75) is 19.1 Å². The van der Waals surface area contributed by atoms with Gasteiger partial charge in [-0.2, -0.15) is 0 Å². The van der Waals surface area contributed by atoms with Crippen LogP contribution >= 0.6 is 0 Å². The van der Waals surface area contributed by atoms with Gasteiger partial charge < -0.3 is 5.11 Å². The minimum absolute atomic E-state index is 0.0370. The standard InChI is InChI=1S/C5H10N2O2/c1-6-7-4(8)2-3-5(7)9/h4,6,8H,2-3H2,1H3. The van der Waals surface area contributed by atoms with Crippen LogP contribution in [0.25, 0.3) is 0 Å². The molecule has 9 heavy (non-hydrogen) atoms. The maximum Gasteiger partial charge on any atom is 0.239 e. The lowest BCUT2D eigenvalue weighted by molar-refractivity contribution is -0.137. The van der Waals surface area contributed by atoms with Crippen LogP contribution in [0.2, 0.25) is 0 Å². The highest BCUT2D eigenvalue weighted by Crippen LogP contribution is 2.12. The highest BCUT2D eigenvalue weighted by atomic mass is 16.3. The fraction of sp³-hybridized carbons (Fsp3) is 0.800. The molecule has 1 atom stereocenters. The zero-order valence-corrected chi connectivity index (χ0v) is 5.29. The van der Waals surface area contributed by atoms with Gasteiger partial charge in [0.1, 0.15) is 6.23 Å². The fourth-order valence-corrected chi connectivity index (χ4v) is 0.942. The first-order valence-electron chi connectivity index (χ1n) is 2.93. The van der Waals surface area contributed by atoms with Crippen molar-refractivity contribution >= 4 is 5.91 Å². The van der Waals surface area contributed by atoms with Crippen LogP contribution in [-0.4, -0.2) is 29.3 Å². The van der Waals surface area contributed by atoms with Crippen molar-refractivity contribution < 1.29 is 9.90 Å². The second kappa shape index (κ2) is 2.33. The number of carbonyl (C=O) groups is 1. The summed E-state index contributed by atoms with van der Waals surface area (Å²) in [4.78, 5) is 10.7. The number of hydrogen-bond donors (Lipinski definition) is 2. The van der Waals surface area contributed by atoms with Gasteiger partial charge in [0, 0.05) is 19.9 Å². The Bertz CT molecular complexity index is 126. The van der Waals surface area contributed by atoms with Crippen molar-refractivity contribution in [2.75, 3.05) is 7.05 Å². The van der Waals surface area contributed by atoms with Gasteiger partial charge in [0.2, 0.25) is 5.91 Å². The molecule has 1 saturated heterocycles. The van der Waals surface area contributed by atoms with Crippen molar-refractivity contribution in [3.8, 4) is 0 Å². The normalized spacial score (nSPS) is 27.6. The van der Waals surface area contributed by atoms with E-state index < -0.39 is 6.23 Å². The van der Waals surface area contributed by atoms with E-state index in [0.717, 1.165) is 0 Å². The summed E-state index contributed by atoms with van der Waals surface area (Å²) in [5, 5.41) is 10.2. The molecule has 1 rings (SSSR count). The first-order chi connectivity index (χ1) is 4.25. The number of nitrogens with one attached hydrogen (secondary N) is 1. The molecule has 1 unspecified atom stereocenters. The predicted molar refractivity (Wildman–Crippen MR) is 31.1 cm³/mol. The molecule has 0 spiro atoms. The number of amides is 1. The van der Waals surface area contributed by atoms with Gasteiger partial charge in [-0.25, -0.2) is 10.4 Å². The third-order valence-corrected chi connectivity index (χ3v) is 1.42. The molecule has 1 heterocycles. The van der Waals surface area contributed by atoms with E-state index >= 15 is 0 Å². The van der Waals surface area contributed by atoms with E-state index in [-0.39, 0.29) is 5.91 Å². The van der Waals surface area contributed by atoms with Crippen LogP contribution in [0.15, 0.2) is 0 Å². The van der Waals surface area contributed by atoms with Gasteiger partial charge in [0.15, 0.2) is 0 Å². The van der Waals surface area contributed by atoms with Crippen LogP contribution in [0.1, 0.15) is 12.8 Å². The molecule has 4 nitrogen and oxygen atoms in total. The quantitative estimate of drug-likeness (QED) is 0.481. The summed E-state index contributed by atoms with van der Waals surface area (Å²) in [5.41, 5.74) is 2.60. The Morgan fingerprint density at radius 1 is 1.89 bits per heavy atom. The number of rotatable bonds is 1. The van der Waals surface area contributed by atoms with Crippen LogP contribution in [0.5, 0.6) is 0 Å². The summed E-state index contributed by atoms with van der Waals surface area (Å²) in [6.45, 7) is 0. The van der Waals surface area contributed by atoms with E-state index in [1.165, 1.54) is 5.01 Å². The SMILES string of the molecule is CNN1C(=O)CCC1O. The molecule has 1 fully saturated rings. The third kappa shape index (κ3) is 1.04. The Morgan fingerprint density at radius 2 is 2.56 bits per heavy atom. The summed E-state index contributed by atoms with van der Waals surface area (Å²) >= 11 is 0. The lowest BCUT2D eigenvalue weighted by Crippen LogP contribution is -2.41. The average Bonchev–Trinajstić information content (AvgIpc) is 2.12. The highest BCUT2D eigenvalue weighted by Gasteiger charge is 2.27. The van der Waals surface area contributed by atoms with E-state index in [0.29, 0.717) is 12.8 Å². The summed E-state index contributed by atoms with van der Waals surface area (Å²) in [6.07, 6.45) is 0.365. The van der Waals surface area contributed by atoms with Crippen molar-refractivity contribution in [3.63, 3.8) is 0 Å². The monoisotopic (exact) mass is 130 g/mol. The maximum absolute atomic E-state index is 10.7. The molecular weight excluding hydrogens is 120 g/mol. The molecule has 0 bridgehead atoms. The average molecular weight is 130 g/mol. The molecule has 0 aromatic carbocycles. The highest BCUT2D eigenvalue weighted by molar-refractivity contribution is 5.77. The molecule has 4 heteroatoms. The minimum atomic E-state index is -0.623. The number of aliphatic hydroxyl groups is 1. The van der Waals surface area contributed by atoms with Crippen LogP contribution in [0, 0.1) is 0 Å². The van der Waals surface area contributed by atoms with E-state index in [1.807, 2.05) is 0 Å². The number of carbonyl (C=O) groups excluding carboxylic acids is 1. The summed E-state index contributed by atoms with van der Waals surface area (Å²) in [5.74, 6) is -0.0370. The number of hydrazine groups is 1. The van der Waals surface area contributed by atoms with Gasteiger partial charge >= 0.3 is 0 Å². The molecule has 0 saturated carbocycles. The van der Waals surface area contributed by atoms with Crippen molar-refractivity contribution in [3.05, 3.63) is 0 Å². The number of nitrogens with zero attached hydrogens (tertiary/aromatic N) is 1. The van der Waals surface area contributed by atoms with Crippen molar-refractivity contribution in [1.82, 2.24) is 10.4 Å². The molecule has 0 aromatic heterocycles. The fourth-order valence-electron chi connectivity index (χ4n) is 0.942. The third-order valence-electron chi connectivity index (χ3n) is 1.42. The molecular formula is C5H10N2O2. The Kier molecular flexibility index (Phi) is 1.68. The minimum Gasteiger partial charge on any atom is -0.372 e. The van der Waals surface area contributed by atoms with E-state index in [9.17, 15) is 4.79 Å². The van der Waals surface area contributed by atoms with E-state index in [4.69, 9.17) is 5.11 Å². The Balaban J connectivity index is 2.55. The second-order valence-electron chi connectivity index (χ2n) is 2.01. The van der Waals surface area contributed by atoms with E-state index in [1.54, 1.807) is 7.05 Å². The smallest absolute Gasteiger partial charge is 0.239 e.